The van der Waals surface area contributed by atoms with Crippen LogP contribution in [0.5, 0.6) is 5.75 Å². The summed E-state index contributed by atoms with van der Waals surface area (Å²) < 4.78 is 7.67. The van der Waals surface area contributed by atoms with E-state index in [0.717, 1.165) is 28.7 Å². The molecule has 0 amide bonds. The number of hydrogen-bond donors (Lipinski definition) is 3. The number of nitro benzene ring substituents is 1. The average Bonchev–Trinajstić information content (AvgIpc) is 3.25. The molecule has 0 aliphatic rings. The number of benzene rings is 2. The Morgan fingerprint density at radius 1 is 1.17 bits per heavy atom. The number of carboxylic acid groups (broad SMARTS) is 1. The summed E-state index contributed by atoms with van der Waals surface area (Å²) in [5.41, 5.74) is 4.20. The Kier molecular flexibility index (Phi) is 9.55. The van der Waals surface area contributed by atoms with Gasteiger partial charge in [0.1, 0.15) is 11.4 Å². The highest BCUT2D eigenvalue weighted by atomic mass is 16.6. The number of anilines is 3. The molecule has 4 rings (SSSR count). The molecule has 0 unspecified atom stereocenters. The van der Waals surface area contributed by atoms with E-state index in [1.165, 1.54) is 13.2 Å². The van der Waals surface area contributed by atoms with E-state index in [9.17, 15) is 14.9 Å². The lowest BCUT2D eigenvalue weighted by molar-refractivity contribution is -0.384. The minimum absolute atomic E-state index is 0.0130. The summed E-state index contributed by atoms with van der Waals surface area (Å²) in [6.07, 6.45) is 1.64. The third kappa shape index (κ3) is 6.75. The Bertz CT molecular complexity index is 1590. The number of nitrogens with zero attached hydrogens (tertiary/aromatic N) is 6. The number of ether oxygens (including phenoxy) is 1. The number of para-hydroxylation sites is 1. The Morgan fingerprint density at radius 3 is 2.62 bits per heavy atom. The van der Waals surface area contributed by atoms with Crippen molar-refractivity contribution in [2.45, 2.75) is 13.0 Å². The molecule has 0 aliphatic carbocycles. The quantitative estimate of drug-likeness (QED) is 0.114. The number of methoxy groups -OCH3 is 1. The van der Waals surface area contributed by atoms with E-state index in [0.29, 0.717) is 42.5 Å². The number of aromatic nitrogens is 3. The number of likely N-dealkylation sites (N-methyl/N-ethyl adjacent to an activating group) is 2. The normalized spacial score (nSPS) is 11.2. The molecule has 0 radical (unpaired) electrons. The van der Waals surface area contributed by atoms with E-state index in [4.69, 9.17) is 14.8 Å². The van der Waals surface area contributed by atoms with E-state index in [1.54, 1.807) is 18.3 Å². The second-order valence-electron chi connectivity index (χ2n) is 10.1. The second kappa shape index (κ2) is 13.3. The molecule has 0 spiro atoms. The van der Waals surface area contributed by atoms with Crippen LogP contribution in [0, 0.1) is 10.1 Å². The SMILES string of the molecule is COc1cc(N(C)CCN(C)C)c([N+](=O)[O-])cc1Nc1nccc(-c2c(CNCCC(=O)O)n(C)c3ccccc23)n1. The molecular formula is C29H36N8O5. The van der Waals surface area contributed by atoms with Gasteiger partial charge in [0.05, 0.1) is 29.8 Å². The van der Waals surface area contributed by atoms with Crippen molar-refractivity contribution in [3.63, 3.8) is 0 Å². The summed E-state index contributed by atoms with van der Waals surface area (Å²) in [7, 11) is 9.17. The lowest BCUT2D eigenvalue weighted by Gasteiger charge is -2.22. The first kappa shape index (κ1) is 30.2. The Labute approximate surface area is 243 Å². The number of nitro groups is 1. The largest absolute Gasteiger partial charge is 0.494 e. The molecule has 13 heteroatoms. The van der Waals surface area contributed by atoms with Crippen molar-refractivity contribution in [1.29, 1.82) is 0 Å². The first-order chi connectivity index (χ1) is 20.1. The van der Waals surface area contributed by atoms with Crippen molar-refractivity contribution in [1.82, 2.24) is 24.8 Å². The molecule has 4 aromatic rings. The topological polar surface area (TPSA) is 151 Å². The summed E-state index contributed by atoms with van der Waals surface area (Å²) in [6.45, 7) is 2.07. The third-order valence-corrected chi connectivity index (χ3v) is 6.98. The average molecular weight is 577 g/mol. The van der Waals surface area contributed by atoms with Crippen molar-refractivity contribution in [2.24, 2.45) is 7.05 Å². The van der Waals surface area contributed by atoms with Gasteiger partial charge in [-0.05, 0) is 26.2 Å². The molecule has 42 heavy (non-hydrogen) atoms. The molecule has 2 aromatic heterocycles. The third-order valence-electron chi connectivity index (χ3n) is 6.98. The smallest absolute Gasteiger partial charge is 0.304 e. The zero-order chi connectivity index (χ0) is 30.4. The Morgan fingerprint density at radius 2 is 1.93 bits per heavy atom. The second-order valence-corrected chi connectivity index (χ2v) is 10.1. The zero-order valence-corrected chi connectivity index (χ0v) is 24.4. The van der Waals surface area contributed by atoms with Crippen molar-refractivity contribution in [3.05, 3.63) is 64.5 Å². The van der Waals surface area contributed by atoms with Crippen LogP contribution in [0.3, 0.4) is 0 Å². The molecule has 0 fully saturated rings. The van der Waals surface area contributed by atoms with Crippen LogP contribution in [0.4, 0.5) is 23.0 Å². The van der Waals surface area contributed by atoms with Gasteiger partial charge in [0.2, 0.25) is 5.95 Å². The highest BCUT2D eigenvalue weighted by Gasteiger charge is 2.23. The fourth-order valence-electron chi connectivity index (χ4n) is 4.77. The van der Waals surface area contributed by atoms with Gasteiger partial charge in [-0.1, -0.05) is 18.2 Å². The van der Waals surface area contributed by atoms with Crippen LogP contribution in [0.25, 0.3) is 22.2 Å². The van der Waals surface area contributed by atoms with E-state index >= 15 is 0 Å². The molecule has 222 valence electrons. The van der Waals surface area contributed by atoms with Crippen LogP contribution in [0.1, 0.15) is 12.1 Å². The molecule has 2 aromatic carbocycles. The first-order valence-corrected chi connectivity index (χ1v) is 13.4. The highest BCUT2D eigenvalue weighted by molar-refractivity contribution is 5.97. The van der Waals surface area contributed by atoms with Crippen molar-refractivity contribution < 1.29 is 19.6 Å². The predicted octanol–water partition coefficient (Wildman–Crippen LogP) is 3.86. The van der Waals surface area contributed by atoms with Gasteiger partial charge in [0.15, 0.2) is 0 Å². The zero-order valence-electron chi connectivity index (χ0n) is 24.4. The molecule has 2 heterocycles. The molecule has 3 N–H and O–H groups in total. The van der Waals surface area contributed by atoms with Gasteiger partial charge in [-0.3, -0.25) is 14.9 Å². The van der Waals surface area contributed by atoms with E-state index in [1.807, 2.05) is 62.3 Å². The molecule has 0 aliphatic heterocycles. The maximum atomic E-state index is 12.0. The van der Waals surface area contributed by atoms with Crippen LogP contribution >= 0.6 is 0 Å². The first-order valence-electron chi connectivity index (χ1n) is 13.4. The Hall–Kier alpha value is -4.75. The van der Waals surface area contributed by atoms with Crippen LogP contribution in [0.15, 0.2) is 48.7 Å². The molecular weight excluding hydrogens is 540 g/mol. The van der Waals surface area contributed by atoms with Gasteiger partial charge in [0.25, 0.3) is 5.69 Å². The Balaban J connectivity index is 1.71. The number of carbonyl (C=O) groups is 1. The van der Waals surface area contributed by atoms with Crippen molar-refractivity contribution >= 4 is 39.9 Å². The maximum absolute atomic E-state index is 12.0. The summed E-state index contributed by atoms with van der Waals surface area (Å²) in [4.78, 5) is 35.6. The number of hydrogen-bond acceptors (Lipinski definition) is 10. The lowest BCUT2D eigenvalue weighted by atomic mass is 10.1. The maximum Gasteiger partial charge on any atom is 0.304 e. The number of aryl methyl sites for hydroxylation is 1. The van der Waals surface area contributed by atoms with E-state index < -0.39 is 10.9 Å². The highest BCUT2D eigenvalue weighted by Crippen LogP contribution is 2.39. The standard InChI is InChI=1S/C29H36N8O5/c1-34(2)14-15-35(3)23-17-26(42-5)21(16-24(23)37(40)41)33-29-31-13-10-20(32-29)28-19-8-6-7-9-22(19)36(4)25(28)18-30-12-11-27(38)39/h6-10,13,16-17,30H,11-12,14-15,18H2,1-5H3,(H,38,39)(H,31,32,33). The van der Waals surface area contributed by atoms with Gasteiger partial charge in [-0.15, -0.1) is 0 Å². The van der Waals surface area contributed by atoms with Gasteiger partial charge in [0, 0.05) is 80.8 Å². The fraction of sp³-hybridized carbons (Fsp3) is 0.345. The molecule has 0 saturated carbocycles. The lowest BCUT2D eigenvalue weighted by Crippen LogP contribution is -2.28. The number of nitrogens with one attached hydrogen (secondary N) is 2. The number of aliphatic carboxylic acids is 1. The monoisotopic (exact) mass is 576 g/mol. The van der Waals surface area contributed by atoms with Crippen LogP contribution in [0.2, 0.25) is 0 Å². The summed E-state index contributed by atoms with van der Waals surface area (Å²) >= 11 is 0. The van der Waals surface area contributed by atoms with E-state index in [2.05, 4.69) is 20.2 Å². The van der Waals surface area contributed by atoms with Gasteiger partial charge >= 0.3 is 5.97 Å². The molecule has 0 bridgehead atoms. The molecule has 0 saturated heterocycles. The van der Waals surface area contributed by atoms with Crippen molar-refractivity contribution in [3.8, 4) is 17.0 Å². The minimum atomic E-state index is -0.866. The van der Waals surface area contributed by atoms with Crippen molar-refractivity contribution in [2.75, 3.05) is 58.1 Å². The molecule has 0 atom stereocenters. The summed E-state index contributed by atoms with van der Waals surface area (Å²) in [5.74, 6) is -0.212. The van der Waals surface area contributed by atoms with Gasteiger partial charge in [-0.2, -0.15) is 0 Å². The number of fused-ring (bicyclic) bond motifs is 1. The summed E-state index contributed by atoms with van der Waals surface area (Å²) in [5, 5.41) is 28.4. The van der Waals surface area contributed by atoms with E-state index in [-0.39, 0.29) is 18.1 Å². The van der Waals surface area contributed by atoms with Crippen LogP contribution < -0.4 is 20.3 Å². The summed E-state index contributed by atoms with van der Waals surface area (Å²) in [6, 6.07) is 12.8. The predicted molar refractivity (Wildman–Crippen MR) is 163 cm³/mol. The molecule has 13 nitrogen and oxygen atoms in total. The minimum Gasteiger partial charge on any atom is -0.494 e. The number of rotatable bonds is 14. The van der Waals surface area contributed by atoms with Gasteiger partial charge < -0.3 is 34.8 Å². The number of carboxylic acids is 1. The van der Waals surface area contributed by atoms with Gasteiger partial charge in [-0.25, -0.2) is 9.97 Å². The van der Waals surface area contributed by atoms with Crippen LogP contribution in [-0.2, 0) is 18.4 Å². The van der Waals surface area contributed by atoms with Crippen LogP contribution in [-0.4, -0.2) is 83.3 Å². The fourth-order valence-corrected chi connectivity index (χ4v) is 4.77.